The second-order valence-electron chi connectivity index (χ2n) is 2.57. The van der Waals surface area contributed by atoms with Gasteiger partial charge in [0.05, 0.1) is 0 Å². The van der Waals surface area contributed by atoms with E-state index in [9.17, 15) is 4.79 Å². The molecule has 12 heavy (non-hydrogen) atoms. The Hall–Kier alpha value is -1.11. The van der Waals surface area contributed by atoms with Crippen LogP contribution < -0.4 is 0 Å². The van der Waals surface area contributed by atoms with Crippen LogP contribution in [0.2, 0.25) is 0 Å². The minimum atomic E-state index is 0.0807. The van der Waals surface area contributed by atoms with Crippen molar-refractivity contribution in [3.63, 3.8) is 0 Å². The van der Waals surface area contributed by atoms with Crippen LogP contribution in [-0.4, -0.2) is 5.78 Å². The van der Waals surface area contributed by atoms with Gasteiger partial charge in [-0.1, -0.05) is 43.7 Å². The molecule has 0 aliphatic heterocycles. The van der Waals surface area contributed by atoms with E-state index >= 15 is 0 Å². The highest BCUT2D eigenvalue weighted by Crippen LogP contribution is 1.89. The first kappa shape index (κ1) is 10.9. The van der Waals surface area contributed by atoms with Gasteiger partial charge in [-0.25, -0.2) is 0 Å². The molecule has 0 saturated heterocycles. The van der Waals surface area contributed by atoms with Crippen LogP contribution in [0.3, 0.4) is 0 Å². The fourth-order valence-corrected chi connectivity index (χ4v) is 0.661. The molecule has 0 amide bonds. The molecule has 0 N–H and O–H groups in total. The average Bonchev–Trinajstić information content (AvgIpc) is 2.02. The number of ketones is 1. The zero-order valence-corrected chi connectivity index (χ0v) is 7.79. The van der Waals surface area contributed by atoms with Gasteiger partial charge in [-0.2, -0.15) is 0 Å². The Morgan fingerprint density at radius 1 is 1.17 bits per heavy atom. The maximum Gasteiger partial charge on any atom is 0.152 e. The first-order valence-corrected chi connectivity index (χ1v) is 4.27. The van der Waals surface area contributed by atoms with Crippen molar-refractivity contribution < 1.29 is 4.79 Å². The topological polar surface area (TPSA) is 17.1 Å². The van der Waals surface area contributed by atoms with E-state index in [1.54, 1.807) is 12.2 Å². The van der Waals surface area contributed by atoms with Crippen LogP contribution in [0.4, 0.5) is 0 Å². The van der Waals surface area contributed by atoms with Crippen molar-refractivity contribution in [2.24, 2.45) is 0 Å². The van der Waals surface area contributed by atoms with Crippen LogP contribution in [-0.2, 0) is 4.79 Å². The number of allylic oxidation sites excluding steroid dienone is 6. The minimum absolute atomic E-state index is 0.0807. The molecule has 0 bridgehead atoms. The summed E-state index contributed by atoms with van der Waals surface area (Å²) in [6.45, 7) is 3.68. The number of hydrogen-bond acceptors (Lipinski definition) is 1. The lowest BCUT2D eigenvalue weighted by atomic mass is 10.3. The number of rotatable bonds is 5. The molecule has 0 radical (unpaired) electrons. The van der Waals surface area contributed by atoms with E-state index in [-0.39, 0.29) is 5.78 Å². The fourth-order valence-electron chi connectivity index (χ4n) is 0.661. The molecule has 0 rings (SSSR count). The van der Waals surface area contributed by atoms with Gasteiger partial charge in [0.25, 0.3) is 0 Å². The van der Waals surface area contributed by atoms with Crippen molar-refractivity contribution in [1.29, 1.82) is 0 Å². The van der Waals surface area contributed by atoms with Crippen LogP contribution in [0.5, 0.6) is 0 Å². The van der Waals surface area contributed by atoms with Crippen molar-refractivity contribution in [3.8, 4) is 0 Å². The summed E-state index contributed by atoms with van der Waals surface area (Å²) >= 11 is 0. The van der Waals surface area contributed by atoms with Crippen LogP contribution in [0.15, 0.2) is 36.5 Å². The molecule has 0 fully saturated rings. The molecule has 0 aliphatic carbocycles. The first-order chi connectivity index (χ1) is 5.77. The van der Waals surface area contributed by atoms with Crippen molar-refractivity contribution in [1.82, 2.24) is 0 Å². The van der Waals surface area contributed by atoms with Crippen molar-refractivity contribution >= 4 is 5.78 Å². The summed E-state index contributed by atoms with van der Waals surface area (Å²) < 4.78 is 0. The van der Waals surface area contributed by atoms with Gasteiger partial charge < -0.3 is 0 Å². The minimum Gasteiger partial charge on any atom is -0.295 e. The molecular formula is C11H16O. The number of carbonyl (C=O) groups is 1. The smallest absolute Gasteiger partial charge is 0.152 e. The number of carbonyl (C=O) groups excluding carboxylic acids is 1. The largest absolute Gasteiger partial charge is 0.295 e. The Morgan fingerprint density at radius 2 is 1.83 bits per heavy atom. The monoisotopic (exact) mass is 164 g/mol. The van der Waals surface area contributed by atoms with Gasteiger partial charge in [-0.05, 0) is 19.4 Å². The van der Waals surface area contributed by atoms with Gasteiger partial charge in [-0.3, -0.25) is 4.79 Å². The van der Waals surface area contributed by atoms with E-state index in [4.69, 9.17) is 0 Å². The molecule has 0 aliphatic rings. The predicted molar refractivity (Wildman–Crippen MR) is 53.0 cm³/mol. The maximum atomic E-state index is 10.4. The van der Waals surface area contributed by atoms with Gasteiger partial charge in [0.15, 0.2) is 5.78 Å². The third kappa shape index (κ3) is 8.89. The normalized spacial score (nSPS) is 12.2. The molecule has 0 unspecified atom stereocenters. The van der Waals surface area contributed by atoms with Crippen molar-refractivity contribution in [2.45, 2.75) is 26.7 Å². The zero-order chi connectivity index (χ0) is 9.23. The highest BCUT2D eigenvalue weighted by molar-refractivity contribution is 5.87. The quantitative estimate of drug-likeness (QED) is 0.451. The van der Waals surface area contributed by atoms with Gasteiger partial charge >= 0.3 is 0 Å². The molecule has 66 valence electrons. The summed E-state index contributed by atoms with van der Waals surface area (Å²) in [5.74, 6) is 0.0807. The highest BCUT2D eigenvalue weighted by Gasteiger charge is 1.75. The van der Waals surface area contributed by atoms with Gasteiger partial charge in [0.1, 0.15) is 0 Å². The lowest BCUT2D eigenvalue weighted by Crippen LogP contribution is -1.77. The van der Waals surface area contributed by atoms with E-state index in [1.165, 1.54) is 13.3 Å². The molecule has 0 spiro atoms. The molecule has 0 heterocycles. The first-order valence-electron chi connectivity index (χ1n) is 4.27. The fraction of sp³-hybridized carbons (Fsp3) is 0.364. The Morgan fingerprint density at radius 3 is 2.42 bits per heavy atom. The van der Waals surface area contributed by atoms with Gasteiger partial charge in [0.2, 0.25) is 0 Å². The maximum absolute atomic E-state index is 10.4. The van der Waals surface area contributed by atoms with Crippen molar-refractivity contribution in [2.75, 3.05) is 0 Å². The Labute approximate surface area is 74.5 Å². The molecule has 0 aromatic heterocycles. The molecular weight excluding hydrogens is 148 g/mol. The molecule has 1 heteroatoms. The zero-order valence-electron chi connectivity index (χ0n) is 7.79. The Kier molecular flexibility index (Phi) is 7.25. The molecule has 0 atom stereocenters. The van der Waals surface area contributed by atoms with Gasteiger partial charge in [-0.15, -0.1) is 0 Å². The summed E-state index contributed by atoms with van der Waals surface area (Å²) in [5, 5.41) is 0. The second-order valence-corrected chi connectivity index (χ2v) is 2.57. The Balaban J connectivity index is 3.56. The second kappa shape index (κ2) is 7.99. The third-order valence-corrected chi connectivity index (χ3v) is 1.26. The summed E-state index contributed by atoms with van der Waals surface area (Å²) in [5.41, 5.74) is 0. The predicted octanol–water partition coefficient (Wildman–Crippen LogP) is 3.04. The molecule has 0 saturated carbocycles. The molecule has 1 nitrogen and oxygen atoms in total. The number of hydrogen-bond donors (Lipinski definition) is 0. The summed E-state index contributed by atoms with van der Waals surface area (Å²) in [6.07, 6.45) is 13.5. The lowest BCUT2D eigenvalue weighted by Gasteiger charge is -1.79. The molecule has 0 aromatic carbocycles. The Bertz CT molecular complexity index is 197. The van der Waals surface area contributed by atoms with E-state index < -0.39 is 0 Å². The summed E-state index contributed by atoms with van der Waals surface area (Å²) in [7, 11) is 0. The van der Waals surface area contributed by atoms with Crippen LogP contribution in [0.25, 0.3) is 0 Å². The summed E-state index contributed by atoms with van der Waals surface area (Å²) in [6, 6.07) is 0. The molecule has 0 aromatic rings. The van der Waals surface area contributed by atoms with Crippen molar-refractivity contribution in [3.05, 3.63) is 36.5 Å². The van der Waals surface area contributed by atoms with Crippen LogP contribution >= 0.6 is 0 Å². The van der Waals surface area contributed by atoms with E-state index in [0.717, 1.165) is 6.42 Å². The van der Waals surface area contributed by atoms with E-state index in [0.29, 0.717) is 0 Å². The SMILES string of the molecule is CCCC=CC=CC=CC(C)=O. The van der Waals surface area contributed by atoms with E-state index in [2.05, 4.69) is 13.0 Å². The average molecular weight is 164 g/mol. The standard InChI is InChI=1S/C11H16O/c1-3-4-5-6-7-8-9-10-11(2)12/h5-10H,3-4H2,1-2H3. The van der Waals surface area contributed by atoms with Crippen LogP contribution in [0, 0.1) is 0 Å². The lowest BCUT2D eigenvalue weighted by molar-refractivity contribution is -0.112. The van der Waals surface area contributed by atoms with E-state index in [1.807, 2.05) is 18.2 Å². The third-order valence-electron chi connectivity index (χ3n) is 1.26. The van der Waals surface area contributed by atoms with Crippen LogP contribution in [0.1, 0.15) is 26.7 Å². The van der Waals surface area contributed by atoms with Gasteiger partial charge in [0, 0.05) is 0 Å². The summed E-state index contributed by atoms with van der Waals surface area (Å²) in [4.78, 5) is 10.4. The highest BCUT2D eigenvalue weighted by atomic mass is 16.1. The number of unbranched alkanes of at least 4 members (excludes halogenated alkanes) is 1.